The molecule has 0 saturated carbocycles. The zero-order chi connectivity index (χ0) is 15.2. The van der Waals surface area contributed by atoms with Crippen LogP contribution in [-0.4, -0.2) is 32.3 Å². The van der Waals surface area contributed by atoms with Gasteiger partial charge in [0, 0.05) is 27.2 Å². The van der Waals surface area contributed by atoms with Gasteiger partial charge in [0.1, 0.15) is 5.82 Å². The van der Waals surface area contributed by atoms with E-state index < -0.39 is 5.82 Å². The zero-order valence-electron chi connectivity index (χ0n) is 12.7. The lowest BCUT2D eigenvalue weighted by molar-refractivity contribution is 0.0268. The molecule has 0 radical (unpaired) electrons. The maximum Gasteiger partial charge on any atom is 0.191 e. The van der Waals surface area contributed by atoms with Crippen molar-refractivity contribution >= 4 is 41.5 Å². The first-order valence-corrected chi connectivity index (χ1v) is 6.69. The molecule has 120 valence electrons. The van der Waals surface area contributed by atoms with Crippen LogP contribution in [0.15, 0.2) is 23.2 Å². The molecule has 7 heteroatoms. The molecule has 0 amide bonds. The SMILES string of the molecule is CN=C(NCc1ccc(F)c(Cl)c1)NCC(C)(C)OC.I. The molecule has 0 aliphatic carbocycles. The van der Waals surface area contributed by atoms with Gasteiger partial charge in [0.15, 0.2) is 5.96 Å². The molecule has 0 aliphatic heterocycles. The van der Waals surface area contributed by atoms with E-state index in [1.165, 1.54) is 6.07 Å². The zero-order valence-corrected chi connectivity index (χ0v) is 15.8. The van der Waals surface area contributed by atoms with Crippen molar-refractivity contribution in [2.75, 3.05) is 20.7 Å². The van der Waals surface area contributed by atoms with Crippen molar-refractivity contribution in [2.45, 2.75) is 26.0 Å². The van der Waals surface area contributed by atoms with Gasteiger partial charge in [0.2, 0.25) is 0 Å². The Morgan fingerprint density at radius 3 is 2.57 bits per heavy atom. The summed E-state index contributed by atoms with van der Waals surface area (Å²) in [5.41, 5.74) is 0.599. The van der Waals surface area contributed by atoms with Gasteiger partial charge < -0.3 is 15.4 Å². The molecule has 0 bridgehead atoms. The monoisotopic (exact) mass is 429 g/mol. The largest absolute Gasteiger partial charge is 0.377 e. The van der Waals surface area contributed by atoms with E-state index in [0.29, 0.717) is 19.0 Å². The fourth-order valence-corrected chi connectivity index (χ4v) is 1.63. The van der Waals surface area contributed by atoms with E-state index in [1.54, 1.807) is 26.3 Å². The van der Waals surface area contributed by atoms with Crippen molar-refractivity contribution in [2.24, 2.45) is 4.99 Å². The number of benzene rings is 1. The molecule has 1 aromatic carbocycles. The number of methoxy groups -OCH3 is 1. The minimum absolute atomic E-state index is 0. The first-order valence-electron chi connectivity index (χ1n) is 6.31. The molecule has 0 heterocycles. The summed E-state index contributed by atoms with van der Waals surface area (Å²) >= 11 is 5.74. The van der Waals surface area contributed by atoms with E-state index in [9.17, 15) is 4.39 Å². The van der Waals surface area contributed by atoms with Crippen LogP contribution in [0.4, 0.5) is 4.39 Å². The van der Waals surface area contributed by atoms with Crippen LogP contribution in [-0.2, 0) is 11.3 Å². The molecule has 0 atom stereocenters. The normalized spacial score (nSPS) is 11.8. The number of nitrogens with zero attached hydrogens (tertiary/aromatic N) is 1. The van der Waals surface area contributed by atoms with Gasteiger partial charge in [-0.25, -0.2) is 4.39 Å². The van der Waals surface area contributed by atoms with Crippen molar-refractivity contribution in [1.29, 1.82) is 0 Å². The van der Waals surface area contributed by atoms with E-state index in [-0.39, 0.29) is 34.6 Å². The molecule has 0 fully saturated rings. The third-order valence-corrected chi connectivity index (χ3v) is 3.19. The van der Waals surface area contributed by atoms with E-state index in [4.69, 9.17) is 16.3 Å². The Morgan fingerprint density at radius 2 is 2.05 bits per heavy atom. The molecule has 0 aromatic heterocycles. The third kappa shape index (κ3) is 7.28. The van der Waals surface area contributed by atoms with Crippen LogP contribution >= 0.6 is 35.6 Å². The predicted molar refractivity (Wildman–Crippen MR) is 96.1 cm³/mol. The average Bonchev–Trinajstić information content (AvgIpc) is 2.42. The Morgan fingerprint density at radius 1 is 1.38 bits per heavy atom. The first kappa shape index (κ1) is 20.4. The summed E-state index contributed by atoms with van der Waals surface area (Å²) in [6.45, 7) is 5.08. The van der Waals surface area contributed by atoms with Crippen LogP contribution in [0.2, 0.25) is 5.02 Å². The summed E-state index contributed by atoms with van der Waals surface area (Å²) in [5.74, 6) is 0.232. The molecule has 0 spiro atoms. The van der Waals surface area contributed by atoms with Gasteiger partial charge in [0.05, 0.1) is 10.6 Å². The minimum atomic E-state index is -0.417. The Labute approximate surface area is 147 Å². The van der Waals surface area contributed by atoms with Crippen LogP contribution < -0.4 is 10.6 Å². The summed E-state index contributed by atoms with van der Waals surface area (Å²) < 4.78 is 18.4. The molecule has 0 saturated heterocycles. The average molecular weight is 430 g/mol. The molecular formula is C14H22ClFIN3O. The van der Waals surface area contributed by atoms with E-state index in [1.807, 2.05) is 13.8 Å². The van der Waals surface area contributed by atoms with Gasteiger partial charge in [-0.3, -0.25) is 4.99 Å². The number of aliphatic imine (C=N–C) groups is 1. The fraction of sp³-hybridized carbons (Fsp3) is 0.500. The van der Waals surface area contributed by atoms with Crippen molar-refractivity contribution < 1.29 is 9.13 Å². The topological polar surface area (TPSA) is 45.7 Å². The summed E-state index contributed by atoms with van der Waals surface area (Å²) in [6, 6.07) is 4.63. The van der Waals surface area contributed by atoms with Crippen LogP contribution in [0.3, 0.4) is 0 Å². The number of hydrogen-bond acceptors (Lipinski definition) is 2. The number of halogens is 3. The van der Waals surface area contributed by atoms with Crippen LogP contribution in [0.5, 0.6) is 0 Å². The van der Waals surface area contributed by atoms with Crippen molar-refractivity contribution in [3.63, 3.8) is 0 Å². The van der Waals surface area contributed by atoms with Gasteiger partial charge in [-0.2, -0.15) is 0 Å². The number of guanidine groups is 1. The molecular weight excluding hydrogens is 408 g/mol. The quantitative estimate of drug-likeness (QED) is 0.429. The highest BCUT2D eigenvalue weighted by atomic mass is 127. The lowest BCUT2D eigenvalue weighted by Crippen LogP contribution is -2.45. The maximum atomic E-state index is 13.1. The number of nitrogens with one attached hydrogen (secondary N) is 2. The number of rotatable bonds is 5. The third-order valence-electron chi connectivity index (χ3n) is 2.90. The second kappa shape index (κ2) is 9.42. The van der Waals surface area contributed by atoms with Gasteiger partial charge in [0.25, 0.3) is 0 Å². The standard InChI is InChI=1S/C14H21ClFN3O.HI/c1-14(2,20-4)9-19-13(17-3)18-8-10-5-6-12(16)11(15)7-10;/h5-7H,8-9H2,1-4H3,(H2,17,18,19);1H. The summed E-state index contributed by atoms with van der Waals surface area (Å²) in [7, 11) is 3.35. The Balaban J connectivity index is 0.00000400. The Hall–Kier alpha value is -0.600. The smallest absolute Gasteiger partial charge is 0.191 e. The highest BCUT2D eigenvalue weighted by Gasteiger charge is 2.16. The molecule has 1 aromatic rings. The Kier molecular flexibility index (Phi) is 9.15. The summed E-state index contributed by atoms with van der Waals surface area (Å²) in [6.07, 6.45) is 0. The van der Waals surface area contributed by atoms with Crippen LogP contribution in [0, 0.1) is 5.82 Å². The molecule has 1 rings (SSSR count). The van der Waals surface area contributed by atoms with Crippen molar-refractivity contribution in [3.8, 4) is 0 Å². The molecule has 2 N–H and O–H groups in total. The lowest BCUT2D eigenvalue weighted by atomic mass is 10.1. The van der Waals surface area contributed by atoms with Gasteiger partial charge >= 0.3 is 0 Å². The van der Waals surface area contributed by atoms with E-state index >= 15 is 0 Å². The Bertz CT molecular complexity index is 483. The molecule has 4 nitrogen and oxygen atoms in total. The van der Waals surface area contributed by atoms with Gasteiger partial charge in [-0.05, 0) is 31.5 Å². The molecule has 0 unspecified atom stereocenters. The predicted octanol–water partition coefficient (Wildman–Crippen LogP) is 3.19. The van der Waals surface area contributed by atoms with Gasteiger partial charge in [-0.1, -0.05) is 17.7 Å². The fourth-order valence-electron chi connectivity index (χ4n) is 1.42. The van der Waals surface area contributed by atoms with Crippen LogP contribution in [0.25, 0.3) is 0 Å². The van der Waals surface area contributed by atoms with Crippen molar-refractivity contribution in [1.82, 2.24) is 10.6 Å². The maximum absolute atomic E-state index is 13.1. The highest BCUT2D eigenvalue weighted by Crippen LogP contribution is 2.15. The van der Waals surface area contributed by atoms with E-state index in [0.717, 1.165) is 5.56 Å². The highest BCUT2D eigenvalue weighted by molar-refractivity contribution is 14.0. The lowest BCUT2D eigenvalue weighted by Gasteiger charge is -2.24. The van der Waals surface area contributed by atoms with Crippen molar-refractivity contribution in [3.05, 3.63) is 34.6 Å². The molecule has 21 heavy (non-hydrogen) atoms. The summed E-state index contributed by atoms with van der Waals surface area (Å²) in [4.78, 5) is 4.11. The van der Waals surface area contributed by atoms with Crippen LogP contribution in [0.1, 0.15) is 19.4 Å². The van der Waals surface area contributed by atoms with Gasteiger partial charge in [-0.15, -0.1) is 24.0 Å². The second-order valence-corrected chi connectivity index (χ2v) is 5.40. The molecule has 0 aliphatic rings. The minimum Gasteiger partial charge on any atom is -0.377 e. The number of ether oxygens (including phenoxy) is 1. The first-order chi connectivity index (χ1) is 9.38. The second-order valence-electron chi connectivity index (χ2n) is 4.99. The summed E-state index contributed by atoms with van der Waals surface area (Å²) in [5, 5.41) is 6.41. The van der Waals surface area contributed by atoms with E-state index in [2.05, 4.69) is 15.6 Å². The number of hydrogen-bond donors (Lipinski definition) is 2.